The molecule has 5 heteroatoms. The van der Waals surface area contributed by atoms with Crippen LogP contribution in [0.2, 0.25) is 0 Å². The van der Waals surface area contributed by atoms with Gasteiger partial charge in [-0.15, -0.1) is 12.3 Å². The fourth-order valence-electron chi connectivity index (χ4n) is 1.21. The molecule has 0 spiro atoms. The van der Waals surface area contributed by atoms with E-state index in [9.17, 15) is 0 Å². The average Bonchev–Trinajstić information content (AvgIpc) is 2.21. The molecule has 0 bridgehead atoms. The molecule has 1 atom stereocenters. The molecule has 0 aromatic carbocycles. The van der Waals surface area contributed by atoms with E-state index in [1.807, 2.05) is 6.07 Å². The molecule has 0 aliphatic heterocycles. The maximum Gasteiger partial charge on any atom is 0.0729 e. The largest absolute Gasteiger partial charge is 0.271 e. The first kappa shape index (κ1) is 12.7. The Balaban J connectivity index is 2.87. The van der Waals surface area contributed by atoms with Crippen LogP contribution in [0.5, 0.6) is 0 Å². The van der Waals surface area contributed by atoms with Gasteiger partial charge in [-0.2, -0.15) is 0 Å². The fraction of sp³-hybridized carbons (Fsp3) is 0.300. The van der Waals surface area contributed by atoms with Crippen molar-refractivity contribution in [2.45, 2.75) is 18.9 Å². The second kappa shape index (κ2) is 6.23. The Kier molecular flexibility index (Phi) is 5.26. The molecule has 0 aliphatic carbocycles. The fourth-order valence-corrected chi connectivity index (χ4v) is 2.47. The second-order valence-corrected chi connectivity index (χ2v) is 4.75. The molecule has 1 aromatic rings. The van der Waals surface area contributed by atoms with Crippen LogP contribution in [0.4, 0.5) is 0 Å². The van der Waals surface area contributed by atoms with Crippen molar-refractivity contribution in [2.75, 3.05) is 0 Å². The van der Waals surface area contributed by atoms with Gasteiger partial charge in [-0.05, 0) is 44.3 Å². The number of hydrazine groups is 1. The number of nitrogens with two attached hydrogens (primary N) is 1. The van der Waals surface area contributed by atoms with E-state index in [1.54, 1.807) is 6.20 Å². The van der Waals surface area contributed by atoms with Crippen LogP contribution < -0.4 is 11.3 Å². The van der Waals surface area contributed by atoms with E-state index in [0.717, 1.165) is 21.1 Å². The van der Waals surface area contributed by atoms with E-state index in [-0.39, 0.29) is 6.04 Å². The molecule has 0 fully saturated rings. The summed E-state index contributed by atoms with van der Waals surface area (Å²) >= 11 is 6.78. The van der Waals surface area contributed by atoms with Gasteiger partial charge >= 0.3 is 0 Å². The van der Waals surface area contributed by atoms with Gasteiger partial charge in [0.2, 0.25) is 0 Å². The Morgan fingerprint density at radius 1 is 1.60 bits per heavy atom. The number of terminal acetylenes is 1. The average molecular weight is 333 g/mol. The van der Waals surface area contributed by atoms with Gasteiger partial charge < -0.3 is 0 Å². The normalized spacial score (nSPS) is 12.1. The van der Waals surface area contributed by atoms with Crippen LogP contribution in [0.1, 0.15) is 24.6 Å². The lowest BCUT2D eigenvalue weighted by molar-refractivity contribution is 0.509. The Morgan fingerprint density at radius 2 is 2.33 bits per heavy atom. The number of pyridine rings is 1. The van der Waals surface area contributed by atoms with E-state index >= 15 is 0 Å². The first-order valence-electron chi connectivity index (χ1n) is 4.39. The Morgan fingerprint density at radius 3 is 2.87 bits per heavy atom. The van der Waals surface area contributed by atoms with Gasteiger partial charge in [0, 0.05) is 21.6 Å². The lowest BCUT2D eigenvalue weighted by atomic mass is 10.1. The molecule has 0 saturated carbocycles. The number of aromatic nitrogens is 1. The van der Waals surface area contributed by atoms with E-state index in [0.29, 0.717) is 6.42 Å². The van der Waals surface area contributed by atoms with Crippen LogP contribution in [0.15, 0.2) is 21.2 Å². The first-order valence-corrected chi connectivity index (χ1v) is 5.98. The first-order chi connectivity index (χ1) is 7.19. The lowest BCUT2D eigenvalue weighted by Crippen LogP contribution is -2.28. The lowest BCUT2D eigenvalue weighted by Gasteiger charge is -2.15. The minimum Gasteiger partial charge on any atom is -0.271 e. The van der Waals surface area contributed by atoms with E-state index in [4.69, 9.17) is 12.3 Å². The minimum atomic E-state index is -0.0245. The summed E-state index contributed by atoms with van der Waals surface area (Å²) in [7, 11) is 0. The van der Waals surface area contributed by atoms with Gasteiger partial charge in [-0.1, -0.05) is 0 Å². The van der Waals surface area contributed by atoms with Crippen molar-refractivity contribution >= 4 is 31.9 Å². The molecular formula is C10H11Br2N3. The Hall–Kier alpha value is -0.410. The van der Waals surface area contributed by atoms with Gasteiger partial charge in [-0.25, -0.2) is 0 Å². The zero-order valence-corrected chi connectivity index (χ0v) is 11.2. The Labute approximate surface area is 106 Å². The van der Waals surface area contributed by atoms with E-state index in [1.165, 1.54) is 0 Å². The van der Waals surface area contributed by atoms with Crippen LogP contribution in [-0.2, 0) is 0 Å². The summed E-state index contributed by atoms with van der Waals surface area (Å²) in [5.41, 5.74) is 3.58. The molecule has 3 N–H and O–H groups in total. The number of nitrogens with zero attached hydrogens (tertiary/aromatic N) is 1. The third-order valence-corrected chi connectivity index (χ3v) is 3.01. The molecule has 1 unspecified atom stereocenters. The van der Waals surface area contributed by atoms with Crippen molar-refractivity contribution in [3.63, 3.8) is 0 Å². The third-order valence-electron chi connectivity index (χ3n) is 1.94. The molecule has 1 heterocycles. The van der Waals surface area contributed by atoms with Crippen molar-refractivity contribution in [1.29, 1.82) is 0 Å². The highest BCUT2D eigenvalue weighted by atomic mass is 79.9. The van der Waals surface area contributed by atoms with Crippen LogP contribution in [0, 0.1) is 12.3 Å². The monoisotopic (exact) mass is 331 g/mol. The number of nitrogens with one attached hydrogen (secondary N) is 1. The van der Waals surface area contributed by atoms with Gasteiger partial charge in [0.25, 0.3) is 0 Å². The van der Waals surface area contributed by atoms with Crippen molar-refractivity contribution < 1.29 is 0 Å². The van der Waals surface area contributed by atoms with Crippen molar-refractivity contribution in [2.24, 2.45) is 5.84 Å². The predicted octanol–water partition coefficient (Wildman–Crippen LogP) is 2.52. The van der Waals surface area contributed by atoms with Gasteiger partial charge in [0.05, 0.1) is 11.7 Å². The van der Waals surface area contributed by atoms with Crippen LogP contribution in [0.3, 0.4) is 0 Å². The van der Waals surface area contributed by atoms with Crippen LogP contribution in [0.25, 0.3) is 0 Å². The number of halogens is 2. The smallest absolute Gasteiger partial charge is 0.0729 e. The molecule has 3 nitrogen and oxygen atoms in total. The maximum atomic E-state index is 5.46. The molecule has 80 valence electrons. The summed E-state index contributed by atoms with van der Waals surface area (Å²) < 4.78 is 1.84. The van der Waals surface area contributed by atoms with Gasteiger partial charge in [0.1, 0.15) is 0 Å². The van der Waals surface area contributed by atoms with Crippen molar-refractivity contribution in [1.82, 2.24) is 10.4 Å². The predicted molar refractivity (Wildman–Crippen MR) is 67.8 cm³/mol. The van der Waals surface area contributed by atoms with Crippen LogP contribution in [-0.4, -0.2) is 4.98 Å². The summed E-state index contributed by atoms with van der Waals surface area (Å²) in [5.74, 6) is 8.05. The van der Waals surface area contributed by atoms with Crippen LogP contribution >= 0.6 is 31.9 Å². The van der Waals surface area contributed by atoms with Crippen molar-refractivity contribution in [3.8, 4) is 12.3 Å². The number of hydrogen-bond acceptors (Lipinski definition) is 3. The van der Waals surface area contributed by atoms with Crippen molar-refractivity contribution in [3.05, 3.63) is 26.9 Å². The summed E-state index contributed by atoms with van der Waals surface area (Å²) in [6, 6.07) is 1.91. The minimum absolute atomic E-state index is 0.0245. The number of rotatable bonds is 4. The topological polar surface area (TPSA) is 50.9 Å². The van der Waals surface area contributed by atoms with E-state index in [2.05, 4.69) is 48.2 Å². The quantitative estimate of drug-likeness (QED) is 0.506. The summed E-state index contributed by atoms with van der Waals surface area (Å²) in [5, 5.41) is 0. The molecule has 1 aromatic heterocycles. The maximum absolute atomic E-state index is 5.46. The molecule has 0 aliphatic rings. The molecule has 15 heavy (non-hydrogen) atoms. The highest BCUT2D eigenvalue weighted by Gasteiger charge is 2.13. The highest BCUT2D eigenvalue weighted by molar-refractivity contribution is 9.11. The molecular weight excluding hydrogens is 322 g/mol. The summed E-state index contributed by atoms with van der Waals surface area (Å²) in [6.07, 6.45) is 8.38. The van der Waals surface area contributed by atoms with E-state index < -0.39 is 0 Å². The summed E-state index contributed by atoms with van der Waals surface area (Å²) in [4.78, 5) is 4.30. The van der Waals surface area contributed by atoms with Gasteiger partial charge in [-0.3, -0.25) is 16.3 Å². The molecule has 1 rings (SSSR count). The molecule has 0 amide bonds. The number of hydrogen-bond donors (Lipinski definition) is 2. The third kappa shape index (κ3) is 3.58. The standard InChI is InChI=1S/C10H11Br2N3/c1-2-3-4-9(15-13)10-8(12)5-7(11)6-14-10/h1,5-6,9,15H,3-4,13H2. The zero-order valence-electron chi connectivity index (χ0n) is 8.00. The Bertz CT molecular complexity index is 373. The van der Waals surface area contributed by atoms with Gasteiger partial charge in [0.15, 0.2) is 0 Å². The summed E-state index contributed by atoms with van der Waals surface area (Å²) in [6.45, 7) is 0. The molecule has 0 saturated heterocycles. The highest BCUT2D eigenvalue weighted by Crippen LogP contribution is 2.26. The molecule has 0 radical (unpaired) electrons. The second-order valence-electron chi connectivity index (χ2n) is 2.98. The SMILES string of the molecule is C#CCCC(NN)c1ncc(Br)cc1Br. The zero-order chi connectivity index (χ0) is 11.3.